The Labute approximate surface area is 203 Å². The number of methoxy groups -OCH3 is 1. The summed E-state index contributed by atoms with van der Waals surface area (Å²) >= 11 is 0. The molecule has 8 nitrogen and oxygen atoms in total. The van der Waals surface area contributed by atoms with Crippen LogP contribution in [-0.2, 0) is 9.47 Å². The molecule has 2 atom stereocenters. The number of amides is 1. The zero-order valence-corrected chi connectivity index (χ0v) is 19.3. The third-order valence-corrected chi connectivity index (χ3v) is 6.24. The van der Waals surface area contributed by atoms with Gasteiger partial charge in [0.25, 0.3) is 0 Å². The van der Waals surface area contributed by atoms with Gasteiger partial charge in [0.15, 0.2) is 0 Å². The molecular formula is C27H28N2O6. The van der Waals surface area contributed by atoms with Crippen molar-refractivity contribution in [1.82, 2.24) is 5.32 Å². The van der Waals surface area contributed by atoms with Crippen LogP contribution in [0.3, 0.4) is 0 Å². The quantitative estimate of drug-likeness (QED) is 0.290. The Morgan fingerprint density at radius 1 is 1.00 bits per heavy atom. The SMILES string of the molecule is COC(=O)c1ccc(C(O)C(O)CCNC(=O)OCC2c3ccccc3-c3ccccc32)c(N)c1. The zero-order valence-electron chi connectivity index (χ0n) is 19.3. The van der Waals surface area contributed by atoms with E-state index < -0.39 is 24.3 Å². The first kappa shape index (κ1) is 24.3. The van der Waals surface area contributed by atoms with Gasteiger partial charge in [0.1, 0.15) is 12.7 Å². The lowest BCUT2D eigenvalue weighted by Gasteiger charge is -2.20. The lowest BCUT2D eigenvalue weighted by molar-refractivity contribution is 0.0141. The number of hydrogen-bond acceptors (Lipinski definition) is 7. The summed E-state index contributed by atoms with van der Waals surface area (Å²) < 4.78 is 10.1. The van der Waals surface area contributed by atoms with Crippen molar-refractivity contribution in [1.29, 1.82) is 0 Å². The van der Waals surface area contributed by atoms with Gasteiger partial charge in [-0.25, -0.2) is 9.59 Å². The summed E-state index contributed by atoms with van der Waals surface area (Å²) in [5.41, 5.74) is 11.1. The Hall–Kier alpha value is -3.88. The number of rotatable bonds is 8. The Morgan fingerprint density at radius 3 is 2.23 bits per heavy atom. The van der Waals surface area contributed by atoms with Crippen LogP contribution in [0.1, 0.15) is 45.5 Å². The number of ether oxygens (including phenoxy) is 2. The molecule has 2 unspecified atom stereocenters. The number of anilines is 1. The van der Waals surface area contributed by atoms with Crippen LogP contribution in [-0.4, -0.2) is 48.6 Å². The molecule has 0 aliphatic heterocycles. The first-order valence-corrected chi connectivity index (χ1v) is 11.3. The molecule has 0 bridgehead atoms. The second kappa shape index (κ2) is 10.6. The monoisotopic (exact) mass is 476 g/mol. The number of hydrogen-bond donors (Lipinski definition) is 4. The molecule has 0 fully saturated rings. The van der Waals surface area contributed by atoms with Gasteiger partial charge in [-0.05, 0) is 40.8 Å². The highest BCUT2D eigenvalue weighted by atomic mass is 16.5. The van der Waals surface area contributed by atoms with Crippen molar-refractivity contribution in [3.05, 3.63) is 89.0 Å². The summed E-state index contributed by atoms with van der Waals surface area (Å²) in [6, 6.07) is 20.5. The molecule has 1 aliphatic rings. The fraction of sp³-hybridized carbons (Fsp3) is 0.259. The average molecular weight is 477 g/mol. The van der Waals surface area contributed by atoms with E-state index >= 15 is 0 Å². The first-order chi connectivity index (χ1) is 16.9. The molecule has 8 heteroatoms. The summed E-state index contributed by atoms with van der Waals surface area (Å²) in [5.74, 6) is -0.595. The lowest BCUT2D eigenvalue weighted by atomic mass is 9.98. The molecule has 4 rings (SSSR count). The van der Waals surface area contributed by atoms with E-state index in [0.29, 0.717) is 0 Å². The van der Waals surface area contributed by atoms with E-state index in [-0.39, 0.29) is 42.3 Å². The molecule has 0 spiro atoms. The Kier molecular flexibility index (Phi) is 7.33. The number of benzene rings is 3. The fourth-order valence-corrected chi connectivity index (χ4v) is 4.43. The smallest absolute Gasteiger partial charge is 0.407 e. The van der Waals surface area contributed by atoms with Gasteiger partial charge < -0.3 is 30.7 Å². The van der Waals surface area contributed by atoms with E-state index in [1.54, 1.807) is 0 Å². The predicted molar refractivity (Wildman–Crippen MR) is 131 cm³/mol. The highest BCUT2D eigenvalue weighted by Crippen LogP contribution is 2.44. The highest BCUT2D eigenvalue weighted by Gasteiger charge is 2.29. The van der Waals surface area contributed by atoms with Gasteiger partial charge >= 0.3 is 12.1 Å². The van der Waals surface area contributed by atoms with Gasteiger partial charge in [0.2, 0.25) is 0 Å². The summed E-state index contributed by atoms with van der Waals surface area (Å²) in [5, 5.41) is 23.4. The number of aliphatic hydroxyl groups excluding tert-OH is 2. The number of nitrogen functional groups attached to an aromatic ring is 1. The van der Waals surface area contributed by atoms with Gasteiger partial charge in [0.05, 0.1) is 18.8 Å². The van der Waals surface area contributed by atoms with Crippen molar-refractivity contribution >= 4 is 17.7 Å². The Morgan fingerprint density at radius 2 is 1.63 bits per heavy atom. The molecule has 0 saturated heterocycles. The molecule has 3 aromatic rings. The van der Waals surface area contributed by atoms with E-state index in [4.69, 9.17) is 10.5 Å². The van der Waals surface area contributed by atoms with Crippen LogP contribution in [0.5, 0.6) is 0 Å². The fourth-order valence-electron chi connectivity index (χ4n) is 4.43. The molecule has 0 radical (unpaired) electrons. The summed E-state index contributed by atoms with van der Waals surface area (Å²) in [7, 11) is 1.26. The Balaban J connectivity index is 1.28. The lowest BCUT2D eigenvalue weighted by Crippen LogP contribution is -2.31. The van der Waals surface area contributed by atoms with Crippen molar-refractivity contribution in [2.75, 3.05) is 26.0 Å². The van der Waals surface area contributed by atoms with Gasteiger partial charge in [-0.15, -0.1) is 0 Å². The summed E-state index contributed by atoms with van der Waals surface area (Å²) in [6.45, 7) is 0.281. The number of nitrogens with one attached hydrogen (secondary N) is 1. The highest BCUT2D eigenvalue weighted by molar-refractivity contribution is 5.90. The van der Waals surface area contributed by atoms with Crippen LogP contribution in [0.15, 0.2) is 66.7 Å². The first-order valence-electron chi connectivity index (χ1n) is 11.3. The van der Waals surface area contributed by atoms with Crippen molar-refractivity contribution < 1.29 is 29.3 Å². The molecule has 5 N–H and O–H groups in total. The maximum atomic E-state index is 12.3. The number of nitrogens with two attached hydrogens (primary N) is 1. The average Bonchev–Trinajstić information content (AvgIpc) is 3.20. The second-order valence-electron chi connectivity index (χ2n) is 8.39. The minimum atomic E-state index is -1.29. The predicted octanol–water partition coefficient (Wildman–Crippen LogP) is 3.38. The molecule has 0 aromatic heterocycles. The second-order valence-corrected chi connectivity index (χ2v) is 8.39. The van der Waals surface area contributed by atoms with Crippen LogP contribution < -0.4 is 11.1 Å². The molecule has 3 aromatic carbocycles. The number of carbonyl (C=O) groups excluding carboxylic acids is 2. The largest absolute Gasteiger partial charge is 0.465 e. The van der Waals surface area contributed by atoms with Crippen LogP contribution >= 0.6 is 0 Å². The molecule has 1 aliphatic carbocycles. The van der Waals surface area contributed by atoms with Crippen molar-refractivity contribution in [3.8, 4) is 11.1 Å². The number of aliphatic hydroxyl groups is 2. The third kappa shape index (κ3) is 5.13. The third-order valence-electron chi connectivity index (χ3n) is 6.24. The van der Waals surface area contributed by atoms with Gasteiger partial charge in [0, 0.05) is 23.7 Å². The van der Waals surface area contributed by atoms with Crippen LogP contribution in [0.4, 0.5) is 10.5 Å². The van der Waals surface area contributed by atoms with E-state index in [9.17, 15) is 19.8 Å². The number of esters is 1. The molecule has 0 saturated carbocycles. The van der Waals surface area contributed by atoms with Crippen molar-refractivity contribution in [2.45, 2.75) is 24.5 Å². The van der Waals surface area contributed by atoms with E-state index in [2.05, 4.69) is 22.2 Å². The minimum Gasteiger partial charge on any atom is -0.465 e. The molecule has 1 amide bonds. The number of alkyl carbamates (subject to hydrolysis) is 1. The normalized spacial score (nSPS) is 13.9. The number of fused-ring (bicyclic) bond motifs is 3. The van der Waals surface area contributed by atoms with Crippen LogP contribution in [0.2, 0.25) is 0 Å². The van der Waals surface area contributed by atoms with Gasteiger partial charge in [-0.1, -0.05) is 54.6 Å². The van der Waals surface area contributed by atoms with Crippen molar-refractivity contribution in [2.24, 2.45) is 0 Å². The molecule has 182 valence electrons. The maximum Gasteiger partial charge on any atom is 0.407 e. The zero-order chi connectivity index (χ0) is 24.9. The summed E-state index contributed by atoms with van der Waals surface area (Å²) in [4.78, 5) is 23.9. The number of carbonyl (C=O) groups is 2. The topological polar surface area (TPSA) is 131 Å². The Bertz CT molecular complexity index is 1180. The van der Waals surface area contributed by atoms with Crippen molar-refractivity contribution in [3.63, 3.8) is 0 Å². The molecule has 0 heterocycles. The minimum absolute atomic E-state index is 0.0449. The van der Waals surface area contributed by atoms with Gasteiger partial charge in [-0.2, -0.15) is 0 Å². The van der Waals surface area contributed by atoms with E-state index in [1.165, 1.54) is 25.3 Å². The van der Waals surface area contributed by atoms with Crippen LogP contribution in [0.25, 0.3) is 11.1 Å². The van der Waals surface area contributed by atoms with Gasteiger partial charge in [-0.3, -0.25) is 0 Å². The van der Waals surface area contributed by atoms with E-state index in [0.717, 1.165) is 22.3 Å². The summed E-state index contributed by atoms with van der Waals surface area (Å²) in [6.07, 6.45) is -3.00. The maximum absolute atomic E-state index is 12.3. The molecular weight excluding hydrogens is 448 g/mol. The molecule has 35 heavy (non-hydrogen) atoms. The van der Waals surface area contributed by atoms with Crippen LogP contribution in [0, 0.1) is 0 Å². The van der Waals surface area contributed by atoms with E-state index in [1.807, 2.05) is 36.4 Å². The standard InChI is InChI=1S/C27H28N2O6/c1-34-26(32)16-10-11-21(23(28)14-16)25(31)24(30)12-13-29-27(33)35-15-22-19-8-4-2-6-17(19)18-7-3-5-9-20(18)22/h2-11,14,22,24-25,30-31H,12-13,15,28H2,1H3,(H,29,33).